The van der Waals surface area contributed by atoms with Gasteiger partial charge in [0.2, 0.25) is 5.91 Å². The van der Waals surface area contributed by atoms with Gasteiger partial charge in [-0.15, -0.1) is 0 Å². The molecule has 5 nitrogen and oxygen atoms in total. The quantitative estimate of drug-likeness (QED) is 0.843. The number of carbonyl (C=O) groups is 2. The van der Waals surface area contributed by atoms with Gasteiger partial charge in [-0.05, 0) is 44.4 Å². The fraction of sp³-hybridized carbons (Fsp3) is 0.895. The molecule has 24 heavy (non-hydrogen) atoms. The second kappa shape index (κ2) is 8.21. The summed E-state index contributed by atoms with van der Waals surface area (Å²) in [4.78, 5) is 29.0. The highest BCUT2D eigenvalue weighted by molar-refractivity contribution is 5.80. The zero-order valence-corrected chi connectivity index (χ0v) is 15.1. The van der Waals surface area contributed by atoms with Crippen molar-refractivity contribution in [3.05, 3.63) is 0 Å². The normalized spacial score (nSPS) is 24.9. The Kier molecular flexibility index (Phi) is 6.01. The average molecular weight is 335 g/mol. The highest BCUT2D eigenvalue weighted by Crippen LogP contribution is 2.24. The molecule has 2 saturated heterocycles. The van der Waals surface area contributed by atoms with E-state index < -0.39 is 0 Å². The minimum Gasteiger partial charge on any atom is -0.342 e. The number of hydrogen-bond donors (Lipinski definition) is 1. The molecule has 3 rings (SSSR count). The van der Waals surface area contributed by atoms with E-state index in [4.69, 9.17) is 0 Å². The van der Waals surface area contributed by atoms with Crippen molar-refractivity contribution in [1.82, 2.24) is 15.1 Å². The highest BCUT2D eigenvalue weighted by Gasteiger charge is 2.32. The predicted molar refractivity (Wildman–Crippen MR) is 94.7 cm³/mol. The number of rotatable bonds is 2. The number of nitrogens with one attached hydrogen (secondary N) is 1. The van der Waals surface area contributed by atoms with Gasteiger partial charge in [0.15, 0.2) is 0 Å². The predicted octanol–water partition coefficient (Wildman–Crippen LogP) is 3.00. The third-order valence-corrected chi connectivity index (χ3v) is 6.16. The van der Waals surface area contributed by atoms with Gasteiger partial charge in [0.1, 0.15) is 0 Å². The van der Waals surface area contributed by atoms with Crippen LogP contribution in [0, 0.1) is 11.8 Å². The van der Waals surface area contributed by atoms with E-state index in [1.807, 2.05) is 4.90 Å². The van der Waals surface area contributed by atoms with E-state index in [0.29, 0.717) is 11.9 Å². The Morgan fingerprint density at radius 1 is 0.792 bits per heavy atom. The minimum absolute atomic E-state index is 0.0830. The standard InChI is InChI=1S/C19H33N3O2/c1-15-7-11-21(12-8-15)18(23)16-9-13-22(14-10-16)19(24)20-17-5-3-2-4-6-17/h15-17H,2-14H2,1H3,(H,20,24). The number of piperidine rings is 2. The lowest BCUT2D eigenvalue weighted by atomic mass is 9.92. The lowest BCUT2D eigenvalue weighted by Gasteiger charge is -2.37. The van der Waals surface area contributed by atoms with E-state index in [0.717, 1.165) is 70.6 Å². The molecule has 0 bridgehead atoms. The Labute approximate surface area is 146 Å². The Balaban J connectivity index is 1.41. The first-order valence-electron chi connectivity index (χ1n) is 9.97. The molecule has 2 heterocycles. The van der Waals surface area contributed by atoms with Gasteiger partial charge in [-0.1, -0.05) is 26.2 Å². The molecule has 0 spiro atoms. The van der Waals surface area contributed by atoms with E-state index in [-0.39, 0.29) is 11.9 Å². The monoisotopic (exact) mass is 335 g/mol. The highest BCUT2D eigenvalue weighted by atomic mass is 16.2. The maximum absolute atomic E-state index is 12.7. The smallest absolute Gasteiger partial charge is 0.317 e. The summed E-state index contributed by atoms with van der Waals surface area (Å²) in [5, 5.41) is 3.19. The third kappa shape index (κ3) is 4.42. The maximum Gasteiger partial charge on any atom is 0.317 e. The van der Waals surface area contributed by atoms with Crippen LogP contribution in [0.25, 0.3) is 0 Å². The number of hydrogen-bond acceptors (Lipinski definition) is 2. The van der Waals surface area contributed by atoms with Crippen LogP contribution in [0.5, 0.6) is 0 Å². The molecule has 0 aromatic heterocycles. The van der Waals surface area contributed by atoms with E-state index in [9.17, 15) is 9.59 Å². The lowest BCUT2D eigenvalue weighted by molar-refractivity contribution is -0.138. The molecule has 1 saturated carbocycles. The summed E-state index contributed by atoms with van der Waals surface area (Å²) in [6, 6.07) is 0.445. The fourth-order valence-electron chi connectivity index (χ4n) is 4.33. The fourth-order valence-corrected chi connectivity index (χ4v) is 4.33. The van der Waals surface area contributed by atoms with Gasteiger partial charge < -0.3 is 15.1 Å². The van der Waals surface area contributed by atoms with Crippen molar-refractivity contribution in [2.45, 2.75) is 70.8 Å². The second-order valence-corrected chi connectivity index (χ2v) is 8.05. The van der Waals surface area contributed by atoms with Crippen LogP contribution >= 0.6 is 0 Å². The molecule has 0 unspecified atom stereocenters. The zero-order chi connectivity index (χ0) is 16.9. The Morgan fingerprint density at radius 2 is 1.38 bits per heavy atom. The third-order valence-electron chi connectivity index (χ3n) is 6.16. The van der Waals surface area contributed by atoms with Gasteiger partial charge in [-0.2, -0.15) is 0 Å². The molecular weight excluding hydrogens is 302 g/mol. The van der Waals surface area contributed by atoms with E-state index in [1.165, 1.54) is 19.3 Å². The average Bonchev–Trinajstić information content (AvgIpc) is 2.63. The van der Waals surface area contributed by atoms with Crippen molar-refractivity contribution < 1.29 is 9.59 Å². The number of amides is 3. The molecule has 5 heteroatoms. The van der Waals surface area contributed by atoms with Crippen molar-refractivity contribution in [3.8, 4) is 0 Å². The number of likely N-dealkylation sites (tertiary alicyclic amines) is 2. The Bertz CT molecular complexity index is 432. The maximum atomic E-state index is 12.7. The Morgan fingerprint density at radius 3 is 2.00 bits per heavy atom. The first kappa shape index (κ1) is 17.6. The van der Waals surface area contributed by atoms with Crippen LogP contribution in [-0.4, -0.2) is 54.0 Å². The molecule has 0 aromatic carbocycles. The van der Waals surface area contributed by atoms with Gasteiger partial charge in [0.25, 0.3) is 0 Å². The van der Waals surface area contributed by atoms with Crippen LogP contribution in [0.4, 0.5) is 4.79 Å². The topological polar surface area (TPSA) is 52.7 Å². The first-order valence-corrected chi connectivity index (χ1v) is 9.97. The lowest BCUT2D eigenvalue weighted by Crippen LogP contribution is -2.50. The van der Waals surface area contributed by atoms with Crippen molar-refractivity contribution in [2.75, 3.05) is 26.2 Å². The molecule has 1 aliphatic carbocycles. The van der Waals surface area contributed by atoms with Crippen molar-refractivity contribution in [2.24, 2.45) is 11.8 Å². The molecule has 136 valence electrons. The van der Waals surface area contributed by atoms with Crippen LogP contribution in [-0.2, 0) is 4.79 Å². The second-order valence-electron chi connectivity index (χ2n) is 8.05. The number of urea groups is 1. The van der Waals surface area contributed by atoms with Crippen LogP contribution < -0.4 is 5.32 Å². The summed E-state index contributed by atoms with van der Waals surface area (Å²) in [5.41, 5.74) is 0. The van der Waals surface area contributed by atoms with Crippen molar-refractivity contribution >= 4 is 11.9 Å². The van der Waals surface area contributed by atoms with Crippen molar-refractivity contribution in [1.29, 1.82) is 0 Å². The van der Waals surface area contributed by atoms with Crippen LogP contribution in [0.1, 0.15) is 64.7 Å². The Hall–Kier alpha value is -1.26. The van der Waals surface area contributed by atoms with E-state index >= 15 is 0 Å². The van der Waals surface area contributed by atoms with E-state index in [2.05, 4.69) is 17.1 Å². The molecule has 3 amide bonds. The number of carbonyl (C=O) groups excluding carboxylic acids is 2. The summed E-state index contributed by atoms with van der Waals surface area (Å²) < 4.78 is 0. The number of nitrogens with zero attached hydrogens (tertiary/aromatic N) is 2. The van der Waals surface area contributed by atoms with Gasteiger partial charge >= 0.3 is 6.03 Å². The van der Waals surface area contributed by atoms with E-state index in [1.54, 1.807) is 0 Å². The molecule has 0 aromatic rings. The summed E-state index contributed by atoms with van der Waals surface area (Å²) in [7, 11) is 0. The molecule has 2 aliphatic heterocycles. The SMILES string of the molecule is CC1CCN(C(=O)C2CCN(C(=O)NC3CCCCC3)CC2)CC1. The first-order chi connectivity index (χ1) is 11.6. The van der Waals surface area contributed by atoms with Crippen LogP contribution in [0.2, 0.25) is 0 Å². The van der Waals surface area contributed by atoms with Crippen LogP contribution in [0.3, 0.4) is 0 Å². The molecule has 0 radical (unpaired) electrons. The van der Waals surface area contributed by atoms with Crippen molar-refractivity contribution in [3.63, 3.8) is 0 Å². The van der Waals surface area contributed by atoms with Gasteiger partial charge in [-0.3, -0.25) is 4.79 Å². The van der Waals surface area contributed by atoms with Gasteiger partial charge in [-0.25, -0.2) is 4.79 Å². The molecule has 3 aliphatic rings. The molecule has 3 fully saturated rings. The van der Waals surface area contributed by atoms with Gasteiger partial charge in [0.05, 0.1) is 0 Å². The van der Waals surface area contributed by atoms with Crippen LogP contribution in [0.15, 0.2) is 0 Å². The minimum atomic E-state index is 0.0830. The summed E-state index contributed by atoms with van der Waals surface area (Å²) >= 11 is 0. The zero-order valence-electron chi connectivity index (χ0n) is 15.1. The van der Waals surface area contributed by atoms with Gasteiger partial charge in [0, 0.05) is 38.1 Å². The largest absolute Gasteiger partial charge is 0.342 e. The molecular formula is C19H33N3O2. The summed E-state index contributed by atoms with van der Waals surface area (Å²) in [5.74, 6) is 1.20. The molecule has 1 N–H and O–H groups in total. The molecule has 0 atom stereocenters. The summed E-state index contributed by atoms with van der Waals surface area (Å²) in [6.07, 6.45) is 9.91. The summed E-state index contributed by atoms with van der Waals surface area (Å²) in [6.45, 7) is 5.55.